The van der Waals surface area contributed by atoms with Gasteiger partial charge in [-0.25, -0.2) is 4.79 Å². The molecule has 4 aromatic carbocycles. The lowest BCUT2D eigenvalue weighted by molar-refractivity contribution is -0.172. The summed E-state index contributed by atoms with van der Waals surface area (Å²) in [4.78, 5) is 36.7. The first-order chi connectivity index (χ1) is 25.1. The maximum atomic E-state index is 15.1. The van der Waals surface area contributed by atoms with Gasteiger partial charge in [-0.15, -0.1) is 0 Å². The summed E-state index contributed by atoms with van der Waals surface area (Å²) < 4.78 is 12.2. The molecule has 1 aliphatic rings. The molecule has 0 unspecified atom stereocenters. The topological polar surface area (TPSA) is 112 Å². The Morgan fingerprint density at radius 3 is 2.04 bits per heavy atom. The van der Waals surface area contributed by atoms with E-state index in [-0.39, 0.29) is 36.6 Å². The Morgan fingerprint density at radius 2 is 1.44 bits per heavy atom. The number of phenolic OH excluding ortho intramolecular Hbond substituents is 1. The van der Waals surface area contributed by atoms with Crippen LogP contribution in [0.2, 0.25) is 0 Å². The number of pyridine rings is 1. The van der Waals surface area contributed by atoms with E-state index in [0.29, 0.717) is 36.4 Å². The fourth-order valence-corrected chi connectivity index (χ4v) is 7.75. The molecule has 9 nitrogen and oxygen atoms in total. The van der Waals surface area contributed by atoms with Gasteiger partial charge in [-0.05, 0) is 91.8 Å². The van der Waals surface area contributed by atoms with E-state index >= 15 is 4.79 Å². The molecule has 1 aromatic heterocycles. The molecular weight excluding hydrogens is 654 g/mol. The van der Waals surface area contributed by atoms with Gasteiger partial charge < -0.3 is 19.7 Å². The molecule has 0 saturated carbocycles. The Bertz CT molecular complexity index is 1980. The number of carbonyl (C=O) groups excluding carboxylic acids is 1. The number of ketones is 1. The molecule has 9 heteroatoms. The van der Waals surface area contributed by atoms with Crippen LogP contribution in [0.25, 0.3) is 22.0 Å². The SMILES string of the molecule is CCOC(OCC)[C@H](C)N(Cc1cccc2cccnc12)C[C@@H](C(=O)c1c(C)cc(O)cc1C)N(CC1c2ccccc2-c2ccccc21)C(=O)O. The van der Waals surface area contributed by atoms with E-state index in [1.54, 1.807) is 32.2 Å². The standard InChI is InChI=1S/C43H47N3O6/c1-6-51-42(52-7-2)29(5)45(24-31-15-12-14-30-16-13-21-44-40(30)31)26-38(41(48)39-27(3)22-32(47)23-28(39)4)46(43(49)50)25-37-35-19-10-8-17-33(35)34-18-9-11-20-36(34)37/h8-23,29,37-38,42,47H,6-7,24-26H2,1-5H3,(H,49,50)/t29-,38-/m0/s1. The normalized spacial score (nSPS) is 13.7. The summed E-state index contributed by atoms with van der Waals surface area (Å²) in [5.41, 5.74) is 7.49. The van der Waals surface area contributed by atoms with Gasteiger partial charge in [0.05, 0.1) is 11.6 Å². The van der Waals surface area contributed by atoms with Gasteiger partial charge >= 0.3 is 6.09 Å². The highest BCUT2D eigenvalue weighted by Crippen LogP contribution is 2.45. The number of hydrogen-bond acceptors (Lipinski definition) is 7. The molecule has 1 heterocycles. The molecule has 0 radical (unpaired) electrons. The minimum absolute atomic E-state index is 0.0436. The number of benzene rings is 4. The van der Waals surface area contributed by atoms with E-state index in [4.69, 9.17) is 14.5 Å². The third kappa shape index (κ3) is 7.44. The van der Waals surface area contributed by atoms with Gasteiger partial charge in [-0.2, -0.15) is 0 Å². The van der Waals surface area contributed by atoms with Crippen LogP contribution in [0.5, 0.6) is 5.75 Å². The van der Waals surface area contributed by atoms with Crippen molar-refractivity contribution in [2.75, 3.05) is 26.3 Å². The third-order valence-electron chi connectivity index (χ3n) is 10.2. The molecule has 0 aliphatic heterocycles. The maximum absolute atomic E-state index is 15.1. The van der Waals surface area contributed by atoms with Crippen molar-refractivity contribution in [3.63, 3.8) is 0 Å². The van der Waals surface area contributed by atoms with Crippen molar-refractivity contribution in [3.8, 4) is 16.9 Å². The van der Waals surface area contributed by atoms with Crippen molar-refractivity contribution >= 4 is 22.8 Å². The number of rotatable bonds is 15. The predicted octanol–water partition coefficient (Wildman–Crippen LogP) is 8.19. The summed E-state index contributed by atoms with van der Waals surface area (Å²) in [5, 5.41) is 22.5. The van der Waals surface area contributed by atoms with E-state index in [1.807, 2.05) is 87.5 Å². The number of fused-ring (bicyclic) bond motifs is 4. The lowest BCUT2D eigenvalue weighted by Gasteiger charge is -2.39. The van der Waals surface area contributed by atoms with Crippen LogP contribution in [-0.4, -0.2) is 81.6 Å². The second-order valence-corrected chi connectivity index (χ2v) is 13.4. The second-order valence-electron chi connectivity index (χ2n) is 13.4. The summed E-state index contributed by atoms with van der Waals surface area (Å²) in [7, 11) is 0. The van der Waals surface area contributed by atoms with Crippen LogP contribution in [0.15, 0.2) is 97.2 Å². The van der Waals surface area contributed by atoms with Crippen LogP contribution in [0, 0.1) is 13.8 Å². The lowest BCUT2D eigenvalue weighted by Crippen LogP contribution is -2.55. The Balaban J connectivity index is 1.48. The van der Waals surface area contributed by atoms with Crippen molar-refractivity contribution in [2.24, 2.45) is 0 Å². The quantitative estimate of drug-likeness (QED) is 0.0830. The van der Waals surface area contributed by atoms with E-state index < -0.39 is 18.4 Å². The molecule has 52 heavy (non-hydrogen) atoms. The van der Waals surface area contributed by atoms with Crippen molar-refractivity contribution < 1.29 is 29.3 Å². The molecule has 1 amide bonds. The fourth-order valence-electron chi connectivity index (χ4n) is 7.75. The molecule has 6 rings (SSSR count). The van der Waals surface area contributed by atoms with Crippen molar-refractivity contribution in [3.05, 3.63) is 131 Å². The molecule has 0 bridgehead atoms. The minimum Gasteiger partial charge on any atom is -0.508 e. The van der Waals surface area contributed by atoms with Gasteiger partial charge in [-0.3, -0.25) is 19.6 Å². The molecule has 2 N–H and O–H groups in total. The lowest BCUT2D eigenvalue weighted by atomic mass is 9.91. The van der Waals surface area contributed by atoms with Gasteiger partial charge in [0.1, 0.15) is 11.8 Å². The summed E-state index contributed by atoms with van der Waals surface area (Å²) in [6, 6.07) is 27.6. The first-order valence-electron chi connectivity index (χ1n) is 17.9. The maximum Gasteiger partial charge on any atom is 0.408 e. The predicted molar refractivity (Wildman–Crippen MR) is 203 cm³/mol. The minimum atomic E-state index is -1.19. The second kappa shape index (κ2) is 16.1. The fraction of sp³-hybridized carbons (Fsp3) is 0.326. The average molecular weight is 702 g/mol. The number of ether oxygens (including phenoxy) is 2. The molecule has 2 atom stereocenters. The number of aryl methyl sites for hydroxylation is 2. The van der Waals surface area contributed by atoms with Crippen molar-refractivity contribution in [2.45, 2.75) is 65.5 Å². The molecule has 270 valence electrons. The zero-order valence-electron chi connectivity index (χ0n) is 30.5. The molecule has 0 saturated heterocycles. The molecule has 0 spiro atoms. The number of nitrogens with zero attached hydrogens (tertiary/aromatic N) is 3. The van der Waals surface area contributed by atoms with Crippen LogP contribution in [0.3, 0.4) is 0 Å². The number of phenols is 1. The number of aromatic nitrogens is 1. The molecule has 5 aromatic rings. The molecular formula is C43H47N3O6. The van der Waals surface area contributed by atoms with Gasteiger partial charge in [0.25, 0.3) is 0 Å². The summed E-state index contributed by atoms with van der Waals surface area (Å²) in [6.45, 7) is 10.6. The van der Waals surface area contributed by atoms with Crippen molar-refractivity contribution in [1.29, 1.82) is 0 Å². The number of aromatic hydroxyl groups is 1. The zero-order valence-corrected chi connectivity index (χ0v) is 30.5. The Morgan fingerprint density at radius 1 is 0.846 bits per heavy atom. The first-order valence-corrected chi connectivity index (χ1v) is 17.9. The van der Waals surface area contributed by atoms with Crippen LogP contribution in [0.1, 0.15) is 64.9 Å². The van der Waals surface area contributed by atoms with E-state index in [0.717, 1.165) is 38.7 Å². The number of carbonyl (C=O) groups is 2. The smallest absolute Gasteiger partial charge is 0.408 e. The monoisotopic (exact) mass is 701 g/mol. The van der Waals surface area contributed by atoms with Gasteiger partial charge in [0.2, 0.25) is 0 Å². The number of hydrogen-bond donors (Lipinski definition) is 2. The van der Waals surface area contributed by atoms with Crippen molar-refractivity contribution in [1.82, 2.24) is 14.8 Å². The number of Topliss-reactive ketones (excluding diaryl/α,β-unsaturated/α-hetero) is 1. The van der Waals surface area contributed by atoms with E-state index in [2.05, 4.69) is 17.0 Å². The summed E-state index contributed by atoms with van der Waals surface area (Å²) in [6.07, 6.45) is -0.0767. The Kier molecular flexibility index (Phi) is 11.3. The van der Waals surface area contributed by atoms with Gasteiger partial charge in [0, 0.05) is 55.9 Å². The first kappa shape index (κ1) is 36.7. The van der Waals surface area contributed by atoms with Gasteiger partial charge in [-0.1, -0.05) is 72.8 Å². The zero-order chi connectivity index (χ0) is 36.9. The van der Waals surface area contributed by atoms with E-state index in [1.165, 1.54) is 4.90 Å². The summed E-state index contributed by atoms with van der Waals surface area (Å²) in [5.74, 6) is -0.574. The Labute approximate surface area is 305 Å². The van der Waals surface area contributed by atoms with E-state index in [9.17, 15) is 15.0 Å². The van der Waals surface area contributed by atoms with Crippen LogP contribution in [0.4, 0.5) is 4.79 Å². The highest BCUT2D eigenvalue weighted by atomic mass is 16.7. The number of carboxylic acid groups (broad SMARTS) is 1. The van der Waals surface area contributed by atoms with Crippen LogP contribution in [-0.2, 0) is 16.0 Å². The largest absolute Gasteiger partial charge is 0.508 e. The van der Waals surface area contributed by atoms with Crippen LogP contribution < -0.4 is 0 Å². The average Bonchev–Trinajstić information content (AvgIpc) is 3.45. The molecule has 1 aliphatic carbocycles. The third-order valence-corrected chi connectivity index (χ3v) is 10.2. The summed E-state index contributed by atoms with van der Waals surface area (Å²) >= 11 is 0. The number of amides is 1. The number of para-hydroxylation sites is 1. The Hall–Kier alpha value is -5.09. The highest BCUT2D eigenvalue weighted by molar-refractivity contribution is 6.04. The van der Waals surface area contributed by atoms with Gasteiger partial charge in [0.15, 0.2) is 12.1 Å². The van der Waals surface area contributed by atoms with Crippen LogP contribution >= 0.6 is 0 Å². The highest BCUT2D eigenvalue weighted by Gasteiger charge is 2.40. The molecule has 0 fully saturated rings.